The van der Waals surface area contributed by atoms with E-state index in [-0.39, 0.29) is 29.6 Å². The Kier molecular flexibility index (Phi) is 9.17. The number of alkyl halides is 3. The van der Waals surface area contributed by atoms with Gasteiger partial charge in [0.1, 0.15) is 11.4 Å². The first kappa shape index (κ1) is 29.6. The maximum atomic E-state index is 13.8. The van der Waals surface area contributed by atoms with Crippen LogP contribution in [0.25, 0.3) is 0 Å². The highest BCUT2D eigenvalue weighted by Gasteiger charge is 2.38. The fourth-order valence-electron chi connectivity index (χ4n) is 5.44. The van der Waals surface area contributed by atoms with Gasteiger partial charge < -0.3 is 25.3 Å². The average Bonchev–Trinajstić information content (AvgIpc) is 2.92. The smallest absolute Gasteiger partial charge is 0.366 e. The molecule has 2 heterocycles. The van der Waals surface area contributed by atoms with E-state index in [0.717, 1.165) is 45.0 Å². The molecule has 4 rings (SSSR count). The number of anilines is 3. The molecule has 1 aliphatic heterocycles. The van der Waals surface area contributed by atoms with Crippen molar-refractivity contribution >= 4 is 29.3 Å². The maximum Gasteiger partial charge on any atom is 0.421 e. The van der Waals surface area contributed by atoms with Crippen molar-refractivity contribution in [1.29, 1.82) is 0 Å². The van der Waals surface area contributed by atoms with Crippen LogP contribution < -0.4 is 10.6 Å². The Balaban J connectivity index is 1.49. The quantitative estimate of drug-likeness (QED) is 0.516. The first-order valence-electron chi connectivity index (χ1n) is 13.7. The molecule has 40 heavy (non-hydrogen) atoms. The summed E-state index contributed by atoms with van der Waals surface area (Å²) in [5, 5.41) is 5.87. The van der Waals surface area contributed by atoms with Gasteiger partial charge in [-0.1, -0.05) is 12.8 Å². The van der Waals surface area contributed by atoms with E-state index in [2.05, 4.69) is 32.5 Å². The van der Waals surface area contributed by atoms with Crippen molar-refractivity contribution in [3.05, 3.63) is 41.6 Å². The lowest BCUT2D eigenvalue weighted by Gasteiger charge is -2.35. The third-order valence-corrected chi connectivity index (χ3v) is 7.88. The number of hydrogen-bond acceptors (Lipinski definition) is 7. The Morgan fingerprint density at radius 3 is 2.27 bits per heavy atom. The summed E-state index contributed by atoms with van der Waals surface area (Å²) >= 11 is 0. The van der Waals surface area contributed by atoms with Gasteiger partial charge >= 0.3 is 6.18 Å². The molecule has 12 heteroatoms. The molecule has 2 aromatic rings. The molecule has 0 unspecified atom stereocenters. The topological polar surface area (TPSA) is 93.7 Å². The van der Waals surface area contributed by atoms with E-state index in [1.165, 1.54) is 4.90 Å². The van der Waals surface area contributed by atoms with E-state index in [4.69, 9.17) is 0 Å². The predicted octanol–water partition coefficient (Wildman–Crippen LogP) is 4.46. The van der Waals surface area contributed by atoms with Gasteiger partial charge in [-0.05, 0) is 70.1 Å². The predicted molar refractivity (Wildman–Crippen MR) is 147 cm³/mol. The molecule has 1 aromatic carbocycles. The Labute approximate surface area is 233 Å². The van der Waals surface area contributed by atoms with Gasteiger partial charge in [-0.25, -0.2) is 4.98 Å². The fourth-order valence-corrected chi connectivity index (χ4v) is 5.44. The number of piperidine rings is 1. The minimum atomic E-state index is -4.67. The van der Waals surface area contributed by atoms with Gasteiger partial charge in [-0.3, -0.25) is 9.59 Å². The van der Waals surface area contributed by atoms with Crippen LogP contribution in [0.2, 0.25) is 0 Å². The van der Waals surface area contributed by atoms with Crippen LogP contribution in [0.5, 0.6) is 0 Å². The summed E-state index contributed by atoms with van der Waals surface area (Å²) in [6, 6.07) is 6.43. The molecule has 0 radical (unpaired) electrons. The van der Waals surface area contributed by atoms with E-state index in [1.807, 2.05) is 7.05 Å². The van der Waals surface area contributed by atoms with Crippen LogP contribution >= 0.6 is 0 Å². The van der Waals surface area contributed by atoms with Crippen LogP contribution in [-0.4, -0.2) is 89.8 Å². The minimum Gasteiger partial charge on any atom is -0.366 e. The van der Waals surface area contributed by atoms with Crippen molar-refractivity contribution in [3.63, 3.8) is 0 Å². The number of hydrogen-bond donors (Lipinski definition) is 2. The van der Waals surface area contributed by atoms with Crippen LogP contribution in [0.15, 0.2) is 30.5 Å². The molecule has 218 valence electrons. The van der Waals surface area contributed by atoms with Crippen molar-refractivity contribution in [2.24, 2.45) is 5.92 Å². The number of halogens is 3. The molecule has 2 N–H and O–H groups in total. The lowest BCUT2D eigenvalue weighted by molar-refractivity contribution is -0.137. The van der Waals surface area contributed by atoms with Gasteiger partial charge in [0, 0.05) is 50.7 Å². The number of benzene rings is 1. The number of carbonyl (C=O) groups excluding carboxylic acids is 2. The van der Waals surface area contributed by atoms with Crippen molar-refractivity contribution in [3.8, 4) is 0 Å². The van der Waals surface area contributed by atoms with Gasteiger partial charge in [0.2, 0.25) is 11.9 Å². The molecular weight excluding hydrogens is 523 g/mol. The van der Waals surface area contributed by atoms with E-state index < -0.39 is 23.7 Å². The SMILES string of the molecule is CN1CCC(N(C)C(=O)c2ccc(Nc3ncc(C(F)(F)F)c(N[C@@H]4CCCC[C@@H]4C(=O)N(C)C)n3)cc2)CC1. The van der Waals surface area contributed by atoms with Crippen molar-refractivity contribution in [2.75, 3.05) is 51.9 Å². The van der Waals surface area contributed by atoms with E-state index in [9.17, 15) is 22.8 Å². The van der Waals surface area contributed by atoms with E-state index >= 15 is 0 Å². The van der Waals surface area contributed by atoms with Gasteiger partial charge in [-0.2, -0.15) is 18.2 Å². The Morgan fingerprint density at radius 1 is 1.00 bits per heavy atom. The fraction of sp³-hybridized carbons (Fsp3) is 0.571. The normalized spacial score (nSPS) is 20.6. The molecule has 1 aromatic heterocycles. The van der Waals surface area contributed by atoms with Crippen LogP contribution in [0, 0.1) is 5.92 Å². The standard InChI is InChI=1S/C28H38F3N7O2/c1-36(2)26(40)21-7-5-6-8-23(21)34-24-22(28(29,30)31)17-32-27(35-24)33-19-11-9-18(10-12-19)25(39)38(4)20-13-15-37(3)16-14-20/h9-12,17,20-21,23H,5-8,13-16H2,1-4H3,(H2,32,33,34,35)/t21-,23+/m0/s1. The molecule has 2 atom stereocenters. The first-order valence-corrected chi connectivity index (χ1v) is 13.7. The number of nitrogens with zero attached hydrogens (tertiary/aromatic N) is 5. The van der Waals surface area contributed by atoms with Crippen LogP contribution in [0.1, 0.15) is 54.4 Å². The third kappa shape index (κ3) is 7.01. The summed E-state index contributed by atoms with van der Waals surface area (Å²) in [6.45, 7) is 1.89. The number of rotatable bonds is 7. The van der Waals surface area contributed by atoms with Crippen LogP contribution in [-0.2, 0) is 11.0 Å². The molecule has 2 fully saturated rings. The van der Waals surface area contributed by atoms with Crippen molar-refractivity contribution < 1.29 is 22.8 Å². The van der Waals surface area contributed by atoms with E-state index in [1.54, 1.807) is 43.3 Å². The zero-order chi connectivity index (χ0) is 29.0. The summed E-state index contributed by atoms with van der Waals surface area (Å²) in [4.78, 5) is 39.3. The lowest BCUT2D eigenvalue weighted by Crippen LogP contribution is -2.44. The summed E-state index contributed by atoms with van der Waals surface area (Å²) in [6.07, 6.45) is 0.744. The van der Waals surface area contributed by atoms with Crippen LogP contribution in [0.3, 0.4) is 0 Å². The summed E-state index contributed by atoms with van der Waals surface area (Å²) in [5.41, 5.74) is 0.0664. The number of aromatic nitrogens is 2. The van der Waals surface area contributed by atoms with E-state index in [0.29, 0.717) is 24.1 Å². The molecule has 0 bridgehead atoms. The summed E-state index contributed by atoms with van der Waals surface area (Å²) < 4.78 is 41.5. The van der Waals surface area contributed by atoms with Gasteiger partial charge in [0.05, 0.1) is 5.92 Å². The zero-order valence-electron chi connectivity index (χ0n) is 23.5. The molecular formula is C28H38F3N7O2. The highest BCUT2D eigenvalue weighted by molar-refractivity contribution is 5.94. The molecule has 0 spiro atoms. The Hall–Kier alpha value is -3.41. The van der Waals surface area contributed by atoms with Gasteiger partial charge in [-0.15, -0.1) is 0 Å². The second-order valence-electron chi connectivity index (χ2n) is 11.0. The summed E-state index contributed by atoms with van der Waals surface area (Å²) in [5.74, 6) is -1.01. The average molecular weight is 562 g/mol. The molecule has 1 aliphatic carbocycles. The molecule has 1 saturated heterocycles. The van der Waals surface area contributed by atoms with Crippen molar-refractivity contribution in [1.82, 2.24) is 24.7 Å². The largest absolute Gasteiger partial charge is 0.421 e. The molecule has 9 nitrogen and oxygen atoms in total. The summed E-state index contributed by atoms with van der Waals surface area (Å²) in [7, 11) is 7.18. The third-order valence-electron chi connectivity index (χ3n) is 7.88. The number of nitrogens with one attached hydrogen (secondary N) is 2. The maximum absolute atomic E-state index is 13.8. The molecule has 1 saturated carbocycles. The Bertz CT molecular complexity index is 1180. The first-order chi connectivity index (χ1) is 18.9. The van der Waals surface area contributed by atoms with Gasteiger partial charge in [0.15, 0.2) is 0 Å². The number of carbonyl (C=O) groups is 2. The lowest BCUT2D eigenvalue weighted by atomic mass is 9.83. The highest BCUT2D eigenvalue weighted by atomic mass is 19.4. The second kappa shape index (κ2) is 12.4. The van der Waals surface area contributed by atoms with Crippen LogP contribution in [0.4, 0.5) is 30.6 Å². The molecule has 2 amide bonds. The van der Waals surface area contributed by atoms with Crippen molar-refractivity contribution in [2.45, 2.75) is 56.8 Å². The van der Waals surface area contributed by atoms with Gasteiger partial charge in [0.25, 0.3) is 5.91 Å². The highest BCUT2D eigenvalue weighted by Crippen LogP contribution is 2.36. The Morgan fingerprint density at radius 2 is 1.65 bits per heavy atom. The minimum absolute atomic E-state index is 0.0238. The second-order valence-corrected chi connectivity index (χ2v) is 11.0. The number of likely N-dealkylation sites (tertiary alicyclic amines) is 1. The number of amides is 2. The monoisotopic (exact) mass is 561 g/mol. The zero-order valence-corrected chi connectivity index (χ0v) is 23.5. The molecule has 2 aliphatic rings.